The maximum absolute atomic E-state index is 12.1. The van der Waals surface area contributed by atoms with Crippen molar-refractivity contribution in [2.24, 2.45) is 11.8 Å². The Kier molecular flexibility index (Phi) is 4.34. The molecule has 0 spiro atoms. The topological polar surface area (TPSA) is 84.3 Å². The zero-order valence-electron chi connectivity index (χ0n) is 11.7. The van der Waals surface area contributed by atoms with Gasteiger partial charge < -0.3 is 10.6 Å². The molecule has 0 unspecified atom stereocenters. The molecule has 0 saturated carbocycles. The van der Waals surface area contributed by atoms with Gasteiger partial charge in [-0.3, -0.25) is 14.9 Å². The third-order valence-electron chi connectivity index (χ3n) is 3.92. The van der Waals surface area contributed by atoms with Crippen molar-refractivity contribution in [2.45, 2.75) is 20.4 Å². The molecular weight excluding hydrogens is 258 g/mol. The van der Waals surface area contributed by atoms with Crippen molar-refractivity contribution in [1.82, 2.24) is 10.6 Å². The van der Waals surface area contributed by atoms with Crippen molar-refractivity contribution in [2.75, 3.05) is 13.1 Å². The summed E-state index contributed by atoms with van der Waals surface area (Å²) in [5, 5.41) is 16.9. The van der Waals surface area contributed by atoms with Crippen LogP contribution in [0.15, 0.2) is 18.2 Å². The third kappa shape index (κ3) is 2.96. The summed E-state index contributed by atoms with van der Waals surface area (Å²) >= 11 is 0. The second-order valence-electron chi connectivity index (χ2n) is 5.28. The summed E-state index contributed by atoms with van der Waals surface area (Å²) in [5.74, 6) is 0.309. The molecule has 6 heteroatoms. The molecule has 6 nitrogen and oxygen atoms in total. The van der Waals surface area contributed by atoms with Crippen LogP contribution in [0.5, 0.6) is 0 Å². The van der Waals surface area contributed by atoms with E-state index < -0.39 is 4.92 Å². The van der Waals surface area contributed by atoms with Gasteiger partial charge in [-0.1, -0.05) is 19.1 Å². The molecule has 1 saturated heterocycles. The van der Waals surface area contributed by atoms with Crippen molar-refractivity contribution >= 4 is 11.6 Å². The molecule has 1 fully saturated rings. The fourth-order valence-electron chi connectivity index (χ4n) is 2.53. The van der Waals surface area contributed by atoms with Crippen molar-refractivity contribution in [3.63, 3.8) is 0 Å². The monoisotopic (exact) mass is 277 g/mol. The summed E-state index contributed by atoms with van der Waals surface area (Å²) in [4.78, 5) is 22.5. The molecule has 0 aromatic heterocycles. The van der Waals surface area contributed by atoms with Crippen LogP contribution < -0.4 is 10.6 Å². The second-order valence-corrected chi connectivity index (χ2v) is 5.28. The SMILES string of the molecule is Cc1c(CNC(=O)[C@@H]2CNC[C@H]2C)cccc1[N+](=O)[O-]. The molecule has 1 aromatic rings. The molecule has 1 aliphatic heterocycles. The van der Waals surface area contributed by atoms with E-state index in [1.165, 1.54) is 6.07 Å². The number of nitro benzene ring substituents is 1. The molecule has 108 valence electrons. The van der Waals surface area contributed by atoms with Gasteiger partial charge >= 0.3 is 0 Å². The predicted molar refractivity (Wildman–Crippen MR) is 75.2 cm³/mol. The first-order valence-electron chi connectivity index (χ1n) is 6.72. The minimum absolute atomic E-state index is 0.00778. The Bertz CT molecular complexity index is 530. The largest absolute Gasteiger partial charge is 0.352 e. The Morgan fingerprint density at radius 3 is 2.85 bits per heavy atom. The van der Waals surface area contributed by atoms with Gasteiger partial charge in [0.2, 0.25) is 5.91 Å². The summed E-state index contributed by atoms with van der Waals surface area (Å²) in [5.41, 5.74) is 1.48. The first-order valence-corrected chi connectivity index (χ1v) is 6.72. The maximum atomic E-state index is 12.1. The predicted octanol–water partition coefficient (Wildman–Crippen LogP) is 1.37. The minimum Gasteiger partial charge on any atom is -0.352 e. The van der Waals surface area contributed by atoms with Crippen LogP contribution in [0, 0.1) is 28.9 Å². The first kappa shape index (κ1) is 14.5. The molecule has 0 radical (unpaired) electrons. The highest BCUT2D eigenvalue weighted by molar-refractivity contribution is 5.79. The van der Waals surface area contributed by atoms with Crippen molar-refractivity contribution in [1.29, 1.82) is 0 Å². The van der Waals surface area contributed by atoms with E-state index in [0.717, 1.165) is 12.1 Å². The van der Waals surface area contributed by atoms with Gasteiger partial charge in [-0.25, -0.2) is 0 Å². The van der Waals surface area contributed by atoms with Gasteiger partial charge in [-0.05, 0) is 24.9 Å². The van der Waals surface area contributed by atoms with E-state index in [-0.39, 0.29) is 17.5 Å². The van der Waals surface area contributed by atoms with E-state index in [4.69, 9.17) is 0 Å². The van der Waals surface area contributed by atoms with Crippen molar-refractivity contribution in [3.05, 3.63) is 39.4 Å². The Labute approximate surface area is 117 Å². The Morgan fingerprint density at radius 2 is 2.25 bits per heavy atom. The number of nitrogens with one attached hydrogen (secondary N) is 2. The molecule has 1 heterocycles. The standard InChI is InChI=1S/C14H19N3O3/c1-9-6-15-8-12(9)14(18)16-7-11-4-3-5-13(10(11)2)17(19)20/h3-5,9,12,15H,6-8H2,1-2H3,(H,16,18)/t9-,12-/m1/s1. The van der Waals surface area contributed by atoms with Gasteiger partial charge in [0.25, 0.3) is 5.69 Å². The number of carbonyl (C=O) groups excluding carboxylic acids is 1. The van der Waals surface area contributed by atoms with Gasteiger partial charge in [-0.2, -0.15) is 0 Å². The zero-order chi connectivity index (χ0) is 14.7. The smallest absolute Gasteiger partial charge is 0.272 e. The van der Waals surface area contributed by atoms with Crippen LogP contribution in [0.25, 0.3) is 0 Å². The summed E-state index contributed by atoms with van der Waals surface area (Å²) < 4.78 is 0. The van der Waals surface area contributed by atoms with Crippen LogP contribution in [-0.2, 0) is 11.3 Å². The van der Waals surface area contributed by atoms with Gasteiger partial charge in [0.15, 0.2) is 0 Å². The van der Waals surface area contributed by atoms with E-state index in [9.17, 15) is 14.9 Å². The molecule has 0 bridgehead atoms. The molecule has 2 rings (SSSR count). The molecule has 20 heavy (non-hydrogen) atoms. The first-order chi connectivity index (χ1) is 9.50. The van der Waals surface area contributed by atoms with Gasteiger partial charge in [0.05, 0.1) is 10.8 Å². The lowest BCUT2D eigenvalue weighted by Gasteiger charge is -2.15. The third-order valence-corrected chi connectivity index (χ3v) is 3.92. The average Bonchev–Trinajstić information content (AvgIpc) is 2.83. The number of hydrogen-bond acceptors (Lipinski definition) is 4. The Balaban J connectivity index is 2.02. The number of hydrogen-bond donors (Lipinski definition) is 2. The zero-order valence-corrected chi connectivity index (χ0v) is 11.7. The summed E-state index contributed by atoms with van der Waals surface area (Å²) in [6.07, 6.45) is 0. The highest BCUT2D eigenvalue weighted by Gasteiger charge is 2.29. The van der Waals surface area contributed by atoms with Crippen molar-refractivity contribution in [3.8, 4) is 0 Å². The normalized spacial score (nSPS) is 21.7. The Morgan fingerprint density at radius 1 is 1.50 bits per heavy atom. The summed E-state index contributed by atoms with van der Waals surface area (Å²) in [6, 6.07) is 4.93. The van der Waals surface area contributed by atoms with E-state index in [0.29, 0.717) is 24.6 Å². The number of nitrogens with zero attached hydrogens (tertiary/aromatic N) is 1. The van der Waals surface area contributed by atoms with Crippen LogP contribution in [0.1, 0.15) is 18.1 Å². The summed E-state index contributed by atoms with van der Waals surface area (Å²) in [7, 11) is 0. The second kappa shape index (κ2) is 6.00. The highest BCUT2D eigenvalue weighted by Crippen LogP contribution is 2.21. The van der Waals surface area contributed by atoms with Gasteiger partial charge in [0.1, 0.15) is 0 Å². The molecule has 1 amide bonds. The molecule has 1 aliphatic rings. The molecule has 1 aromatic carbocycles. The number of nitro groups is 1. The van der Waals surface area contributed by atoms with E-state index >= 15 is 0 Å². The fourth-order valence-corrected chi connectivity index (χ4v) is 2.53. The van der Waals surface area contributed by atoms with Gasteiger partial charge in [0, 0.05) is 24.7 Å². The van der Waals surface area contributed by atoms with E-state index in [2.05, 4.69) is 10.6 Å². The molecule has 0 aliphatic carbocycles. The number of rotatable bonds is 4. The Hall–Kier alpha value is -1.95. The van der Waals surface area contributed by atoms with Crippen LogP contribution >= 0.6 is 0 Å². The van der Waals surface area contributed by atoms with E-state index in [1.807, 2.05) is 6.92 Å². The van der Waals surface area contributed by atoms with Crippen LogP contribution in [0.4, 0.5) is 5.69 Å². The lowest BCUT2D eigenvalue weighted by atomic mass is 9.97. The number of amides is 1. The number of benzene rings is 1. The average molecular weight is 277 g/mol. The highest BCUT2D eigenvalue weighted by atomic mass is 16.6. The maximum Gasteiger partial charge on any atom is 0.272 e. The van der Waals surface area contributed by atoms with Crippen LogP contribution in [-0.4, -0.2) is 23.9 Å². The van der Waals surface area contributed by atoms with Gasteiger partial charge in [-0.15, -0.1) is 0 Å². The van der Waals surface area contributed by atoms with Crippen LogP contribution in [0.2, 0.25) is 0 Å². The minimum atomic E-state index is -0.399. The number of carbonyl (C=O) groups is 1. The molecule has 2 atom stereocenters. The molecular formula is C14H19N3O3. The lowest BCUT2D eigenvalue weighted by molar-refractivity contribution is -0.385. The summed E-state index contributed by atoms with van der Waals surface area (Å²) in [6.45, 7) is 5.63. The quantitative estimate of drug-likeness (QED) is 0.643. The van der Waals surface area contributed by atoms with Crippen molar-refractivity contribution < 1.29 is 9.72 Å². The van der Waals surface area contributed by atoms with Crippen LogP contribution in [0.3, 0.4) is 0 Å². The fraction of sp³-hybridized carbons (Fsp3) is 0.500. The molecule has 2 N–H and O–H groups in total. The van der Waals surface area contributed by atoms with E-state index in [1.54, 1.807) is 19.1 Å². The lowest BCUT2D eigenvalue weighted by Crippen LogP contribution is -2.34.